The number of aryl methyl sites for hydroxylation is 1. The molecule has 0 spiro atoms. The molecule has 1 N–H and O–H groups in total. The van der Waals surface area contributed by atoms with Crippen LogP contribution in [0.3, 0.4) is 0 Å². The Kier molecular flexibility index (Phi) is 7.13. The van der Waals surface area contributed by atoms with Crippen molar-refractivity contribution >= 4 is 40.6 Å². The number of nitrogens with one attached hydrogen (secondary N) is 1. The molecule has 34 heavy (non-hydrogen) atoms. The average Bonchev–Trinajstić information content (AvgIpc) is 3.09. The minimum Gasteiger partial charge on any atom is -0.484 e. The minimum absolute atomic E-state index is 0.120. The average molecular weight is 473 g/mol. The van der Waals surface area contributed by atoms with E-state index in [1.165, 1.54) is 4.90 Å². The molecule has 4 rings (SSSR count). The van der Waals surface area contributed by atoms with Gasteiger partial charge in [0, 0.05) is 5.69 Å². The van der Waals surface area contributed by atoms with Gasteiger partial charge in [-0.25, -0.2) is 0 Å². The van der Waals surface area contributed by atoms with E-state index in [4.69, 9.17) is 4.74 Å². The Balaban J connectivity index is 1.34. The molecule has 172 valence electrons. The predicted octanol–water partition coefficient (Wildman–Crippen LogP) is 5.56. The van der Waals surface area contributed by atoms with Gasteiger partial charge in [0.05, 0.1) is 11.4 Å². The summed E-state index contributed by atoms with van der Waals surface area (Å²) in [5.74, 6) is -0.0161. The maximum Gasteiger partial charge on any atom is 0.293 e. The van der Waals surface area contributed by atoms with E-state index in [2.05, 4.69) is 5.32 Å². The van der Waals surface area contributed by atoms with Gasteiger partial charge in [0.2, 0.25) is 0 Å². The van der Waals surface area contributed by atoms with Crippen molar-refractivity contribution in [3.63, 3.8) is 0 Å². The largest absolute Gasteiger partial charge is 0.484 e. The SMILES string of the molecule is Cc1cccc(NC(=O)COc2ccc(/C=C3\SC(=O)N(Cc4ccccc4)C3=O)cc2)c1C. The maximum atomic E-state index is 12.7. The highest BCUT2D eigenvalue weighted by molar-refractivity contribution is 8.18. The molecule has 3 aromatic rings. The summed E-state index contributed by atoms with van der Waals surface area (Å²) in [6, 6.07) is 22.2. The van der Waals surface area contributed by atoms with Crippen molar-refractivity contribution in [2.75, 3.05) is 11.9 Å². The highest BCUT2D eigenvalue weighted by Gasteiger charge is 2.34. The van der Waals surface area contributed by atoms with Crippen molar-refractivity contribution in [2.24, 2.45) is 0 Å². The van der Waals surface area contributed by atoms with E-state index in [9.17, 15) is 14.4 Å². The molecule has 3 aromatic carbocycles. The molecule has 1 heterocycles. The van der Waals surface area contributed by atoms with E-state index < -0.39 is 0 Å². The number of rotatable bonds is 7. The highest BCUT2D eigenvalue weighted by Crippen LogP contribution is 2.33. The third kappa shape index (κ3) is 5.55. The standard InChI is InChI=1S/C27H24N2O4S/c1-18-7-6-10-23(19(18)2)28-25(30)17-33-22-13-11-20(12-14-22)15-24-26(31)29(27(32)34-24)16-21-8-4-3-5-9-21/h3-15H,16-17H2,1-2H3,(H,28,30)/b24-15-. The molecule has 3 amide bonds. The predicted molar refractivity (Wildman–Crippen MR) is 134 cm³/mol. The van der Waals surface area contributed by atoms with Crippen LogP contribution in [-0.4, -0.2) is 28.6 Å². The molecular formula is C27H24N2O4S. The lowest BCUT2D eigenvalue weighted by molar-refractivity contribution is -0.123. The molecule has 1 aliphatic heterocycles. The monoisotopic (exact) mass is 472 g/mol. The quantitative estimate of drug-likeness (QED) is 0.456. The van der Waals surface area contributed by atoms with Crippen molar-refractivity contribution in [3.8, 4) is 5.75 Å². The van der Waals surface area contributed by atoms with E-state index in [1.54, 1.807) is 30.3 Å². The first-order valence-electron chi connectivity index (χ1n) is 10.8. The number of carbonyl (C=O) groups is 3. The van der Waals surface area contributed by atoms with Crippen LogP contribution in [-0.2, 0) is 16.1 Å². The molecule has 0 radical (unpaired) electrons. The molecule has 6 nitrogen and oxygen atoms in total. The van der Waals surface area contributed by atoms with Gasteiger partial charge in [-0.15, -0.1) is 0 Å². The first-order chi connectivity index (χ1) is 16.4. The van der Waals surface area contributed by atoms with Gasteiger partial charge in [-0.05, 0) is 72.1 Å². The summed E-state index contributed by atoms with van der Waals surface area (Å²) >= 11 is 0.932. The Labute approximate surface area is 202 Å². The number of nitrogens with zero attached hydrogens (tertiary/aromatic N) is 1. The van der Waals surface area contributed by atoms with Crippen LogP contribution < -0.4 is 10.1 Å². The van der Waals surface area contributed by atoms with Crippen LogP contribution in [0.5, 0.6) is 5.75 Å². The first kappa shape index (κ1) is 23.3. The Bertz CT molecular complexity index is 1250. The highest BCUT2D eigenvalue weighted by atomic mass is 32.2. The number of imide groups is 1. The van der Waals surface area contributed by atoms with Crippen molar-refractivity contribution < 1.29 is 19.1 Å². The van der Waals surface area contributed by atoms with Crippen molar-refractivity contribution in [3.05, 3.63) is 100.0 Å². The van der Waals surface area contributed by atoms with Crippen LogP contribution in [0, 0.1) is 13.8 Å². The van der Waals surface area contributed by atoms with Crippen LogP contribution in [0.15, 0.2) is 77.7 Å². The van der Waals surface area contributed by atoms with Gasteiger partial charge < -0.3 is 10.1 Å². The van der Waals surface area contributed by atoms with Gasteiger partial charge in [0.15, 0.2) is 6.61 Å². The molecule has 1 aliphatic rings. The van der Waals surface area contributed by atoms with Crippen molar-refractivity contribution in [1.82, 2.24) is 4.90 Å². The third-order valence-corrected chi connectivity index (χ3v) is 6.39. The second-order valence-corrected chi connectivity index (χ2v) is 8.90. The van der Waals surface area contributed by atoms with Crippen LogP contribution in [0.2, 0.25) is 0 Å². The van der Waals surface area contributed by atoms with Gasteiger partial charge >= 0.3 is 0 Å². The van der Waals surface area contributed by atoms with E-state index in [0.29, 0.717) is 10.7 Å². The second-order valence-electron chi connectivity index (χ2n) is 7.91. The molecule has 0 aromatic heterocycles. The number of ether oxygens (including phenoxy) is 1. The van der Waals surface area contributed by atoms with E-state index in [1.807, 2.05) is 62.4 Å². The molecule has 0 aliphatic carbocycles. The zero-order valence-corrected chi connectivity index (χ0v) is 19.7. The molecule has 1 fully saturated rings. The van der Waals surface area contributed by atoms with E-state index >= 15 is 0 Å². The van der Waals surface area contributed by atoms with Gasteiger partial charge in [-0.2, -0.15) is 0 Å². The number of thioether (sulfide) groups is 1. The van der Waals surface area contributed by atoms with Gasteiger partial charge in [0.25, 0.3) is 17.1 Å². The topological polar surface area (TPSA) is 75.7 Å². The van der Waals surface area contributed by atoms with E-state index in [0.717, 1.165) is 39.7 Å². The summed E-state index contributed by atoms with van der Waals surface area (Å²) in [5, 5.41) is 2.58. The van der Waals surface area contributed by atoms with Crippen LogP contribution >= 0.6 is 11.8 Å². The number of hydrogen-bond acceptors (Lipinski definition) is 5. The Hall–Kier alpha value is -3.84. The first-order valence-corrected chi connectivity index (χ1v) is 11.6. The van der Waals surface area contributed by atoms with Gasteiger partial charge in [-0.1, -0.05) is 54.6 Å². The number of benzene rings is 3. The maximum absolute atomic E-state index is 12.7. The third-order valence-electron chi connectivity index (χ3n) is 5.48. The van der Waals surface area contributed by atoms with Crippen LogP contribution in [0.1, 0.15) is 22.3 Å². The zero-order valence-electron chi connectivity index (χ0n) is 18.9. The number of hydrogen-bond donors (Lipinski definition) is 1. The molecule has 1 saturated heterocycles. The normalized spacial score (nSPS) is 14.5. The lowest BCUT2D eigenvalue weighted by Crippen LogP contribution is -2.27. The fraction of sp³-hybridized carbons (Fsp3) is 0.148. The number of amides is 3. The summed E-state index contributed by atoms with van der Waals surface area (Å²) in [4.78, 5) is 38.9. The zero-order chi connectivity index (χ0) is 24.1. The number of anilines is 1. The number of carbonyl (C=O) groups excluding carboxylic acids is 3. The Morgan fingerprint density at radius 2 is 1.71 bits per heavy atom. The summed E-state index contributed by atoms with van der Waals surface area (Å²) < 4.78 is 5.59. The van der Waals surface area contributed by atoms with Crippen molar-refractivity contribution in [2.45, 2.75) is 20.4 Å². The summed E-state index contributed by atoms with van der Waals surface area (Å²) in [5.41, 5.74) is 4.55. The molecule has 0 atom stereocenters. The Morgan fingerprint density at radius 3 is 2.44 bits per heavy atom. The van der Waals surface area contributed by atoms with Crippen LogP contribution in [0.25, 0.3) is 6.08 Å². The Morgan fingerprint density at radius 1 is 0.971 bits per heavy atom. The summed E-state index contributed by atoms with van der Waals surface area (Å²) in [6.45, 7) is 4.08. The second kappa shape index (κ2) is 10.4. The summed E-state index contributed by atoms with van der Waals surface area (Å²) in [7, 11) is 0. The molecule has 0 unspecified atom stereocenters. The smallest absolute Gasteiger partial charge is 0.293 e. The fourth-order valence-electron chi connectivity index (χ4n) is 3.44. The minimum atomic E-state index is -0.303. The fourth-order valence-corrected chi connectivity index (χ4v) is 4.27. The lowest BCUT2D eigenvalue weighted by atomic mass is 10.1. The lowest BCUT2D eigenvalue weighted by Gasteiger charge is -2.12. The van der Waals surface area contributed by atoms with Gasteiger partial charge in [-0.3, -0.25) is 19.3 Å². The van der Waals surface area contributed by atoms with Crippen molar-refractivity contribution in [1.29, 1.82) is 0 Å². The molecule has 7 heteroatoms. The van der Waals surface area contributed by atoms with E-state index in [-0.39, 0.29) is 30.2 Å². The van der Waals surface area contributed by atoms with Gasteiger partial charge in [0.1, 0.15) is 5.75 Å². The molecule has 0 bridgehead atoms. The molecule has 0 saturated carbocycles. The van der Waals surface area contributed by atoms with Crippen LogP contribution in [0.4, 0.5) is 10.5 Å². The summed E-state index contributed by atoms with van der Waals surface area (Å²) in [6.07, 6.45) is 1.69. The molecular weight excluding hydrogens is 448 g/mol.